The Balaban J connectivity index is 1.41. The fourth-order valence-electron chi connectivity index (χ4n) is 4.99. The number of hydrogen-bond donors (Lipinski definition) is 2. The molecule has 200 valence electrons. The average molecular weight is 534 g/mol. The molecule has 1 unspecified atom stereocenters. The van der Waals surface area contributed by atoms with Gasteiger partial charge in [-0.05, 0) is 79.9 Å². The number of imidazole rings is 1. The minimum Gasteiger partial charge on any atom is -0.507 e. The van der Waals surface area contributed by atoms with Gasteiger partial charge in [0, 0.05) is 5.56 Å². The molecule has 0 bridgehead atoms. The summed E-state index contributed by atoms with van der Waals surface area (Å²) in [6.45, 7) is 5.99. The summed E-state index contributed by atoms with van der Waals surface area (Å²) in [5.41, 5.74) is 4.52. The first-order valence-corrected chi connectivity index (χ1v) is 12.9. The fraction of sp³-hybridized carbons (Fsp3) is 0.156. The monoisotopic (exact) mass is 533 g/mol. The number of anilines is 1. The number of H-pyrrole nitrogens is 1. The van der Waals surface area contributed by atoms with E-state index in [1.807, 2.05) is 62.4 Å². The van der Waals surface area contributed by atoms with Gasteiger partial charge in [-0.25, -0.2) is 4.98 Å². The van der Waals surface area contributed by atoms with Crippen molar-refractivity contribution < 1.29 is 23.8 Å². The van der Waals surface area contributed by atoms with Crippen molar-refractivity contribution in [1.82, 2.24) is 9.97 Å². The summed E-state index contributed by atoms with van der Waals surface area (Å²) in [5, 5.41) is 11.5. The van der Waals surface area contributed by atoms with E-state index in [4.69, 9.17) is 9.15 Å². The number of fused-ring (bicyclic) bond motifs is 1. The Hall–Kier alpha value is -5.11. The summed E-state index contributed by atoms with van der Waals surface area (Å²) < 4.78 is 11.9. The SMILES string of the molecule is Cc1ccc2nc(N3C(=O)C(=O)/C(=C(/O)c4ccc(OCc5ccccc5)c(C)c4)C3c3ccc(C)o3)[nH]c2c1. The summed E-state index contributed by atoms with van der Waals surface area (Å²) in [5.74, 6) is -0.139. The number of ether oxygens (including phenoxy) is 1. The lowest BCUT2D eigenvalue weighted by molar-refractivity contribution is -0.132. The van der Waals surface area contributed by atoms with Gasteiger partial charge in [-0.3, -0.25) is 14.5 Å². The summed E-state index contributed by atoms with van der Waals surface area (Å²) in [6, 6.07) is 23.1. The molecule has 6 rings (SSSR count). The molecule has 0 aliphatic carbocycles. The Bertz CT molecular complexity index is 1800. The lowest BCUT2D eigenvalue weighted by Gasteiger charge is -2.20. The molecule has 0 spiro atoms. The molecule has 1 amide bonds. The normalized spacial score (nSPS) is 16.7. The maximum absolute atomic E-state index is 13.5. The van der Waals surface area contributed by atoms with Gasteiger partial charge in [0.25, 0.3) is 5.78 Å². The fourth-order valence-corrected chi connectivity index (χ4v) is 4.99. The molecule has 1 saturated heterocycles. The molecule has 8 heteroatoms. The molecule has 2 aromatic heterocycles. The van der Waals surface area contributed by atoms with Crippen LogP contribution in [0.3, 0.4) is 0 Å². The Morgan fingerprint density at radius 2 is 1.80 bits per heavy atom. The van der Waals surface area contributed by atoms with Crippen molar-refractivity contribution in [3.8, 4) is 5.75 Å². The van der Waals surface area contributed by atoms with Crippen LogP contribution in [0, 0.1) is 20.8 Å². The molecule has 40 heavy (non-hydrogen) atoms. The molecule has 1 fully saturated rings. The largest absolute Gasteiger partial charge is 0.507 e. The Kier molecular flexibility index (Phi) is 6.23. The molecule has 2 N–H and O–H groups in total. The summed E-state index contributed by atoms with van der Waals surface area (Å²) in [4.78, 5) is 35.9. The zero-order valence-electron chi connectivity index (χ0n) is 22.3. The lowest BCUT2D eigenvalue weighted by atomic mass is 9.98. The van der Waals surface area contributed by atoms with Crippen molar-refractivity contribution in [1.29, 1.82) is 0 Å². The van der Waals surface area contributed by atoms with Gasteiger partial charge < -0.3 is 19.2 Å². The molecule has 1 aliphatic rings. The van der Waals surface area contributed by atoms with Crippen LogP contribution in [-0.4, -0.2) is 26.8 Å². The van der Waals surface area contributed by atoms with E-state index in [-0.39, 0.29) is 17.3 Å². The van der Waals surface area contributed by atoms with Crippen molar-refractivity contribution in [2.75, 3.05) is 4.90 Å². The van der Waals surface area contributed by atoms with Crippen molar-refractivity contribution in [2.24, 2.45) is 0 Å². The Labute approximate surface area is 230 Å². The maximum atomic E-state index is 13.5. The number of benzene rings is 3. The third-order valence-corrected chi connectivity index (χ3v) is 7.01. The quantitative estimate of drug-likeness (QED) is 0.151. The molecule has 5 aromatic rings. The number of furan rings is 1. The number of nitrogens with one attached hydrogen (secondary N) is 1. The molecular formula is C32H27N3O5. The van der Waals surface area contributed by atoms with Gasteiger partial charge in [0.05, 0.1) is 16.6 Å². The molecule has 1 atom stereocenters. The second-order valence-electron chi connectivity index (χ2n) is 9.95. The topological polar surface area (TPSA) is 109 Å². The Morgan fingerprint density at radius 3 is 2.52 bits per heavy atom. The van der Waals surface area contributed by atoms with Crippen molar-refractivity contribution in [3.63, 3.8) is 0 Å². The van der Waals surface area contributed by atoms with E-state index in [9.17, 15) is 14.7 Å². The summed E-state index contributed by atoms with van der Waals surface area (Å²) >= 11 is 0. The molecule has 1 aliphatic heterocycles. The minimum atomic E-state index is -1.01. The highest BCUT2D eigenvalue weighted by atomic mass is 16.5. The van der Waals surface area contributed by atoms with Crippen LogP contribution in [0.5, 0.6) is 5.75 Å². The molecular weight excluding hydrogens is 506 g/mol. The molecule has 0 radical (unpaired) electrons. The zero-order chi connectivity index (χ0) is 28.0. The van der Waals surface area contributed by atoms with Crippen LogP contribution in [0.15, 0.2) is 88.9 Å². The number of aromatic nitrogens is 2. The third kappa shape index (κ3) is 4.43. The number of aliphatic hydroxyl groups is 1. The third-order valence-electron chi connectivity index (χ3n) is 7.01. The van der Waals surface area contributed by atoms with E-state index in [1.54, 1.807) is 37.3 Å². The van der Waals surface area contributed by atoms with Crippen molar-refractivity contribution in [2.45, 2.75) is 33.4 Å². The smallest absolute Gasteiger partial charge is 0.302 e. The zero-order valence-corrected chi connectivity index (χ0v) is 22.3. The molecule has 3 heterocycles. The summed E-state index contributed by atoms with van der Waals surface area (Å²) in [6.07, 6.45) is 0. The number of Topliss-reactive ketones (excluding diaryl/α,β-unsaturated/α-hetero) is 1. The van der Waals surface area contributed by atoms with Gasteiger partial charge in [-0.2, -0.15) is 0 Å². The van der Waals surface area contributed by atoms with Crippen LogP contribution in [0.4, 0.5) is 5.95 Å². The van der Waals surface area contributed by atoms with E-state index < -0.39 is 17.7 Å². The van der Waals surface area contributed by atoms with E-state index in [1.165, 1.54) is 4.90 Å². The van der Waals surface area contributed by atoms with E-state index in [0.717, 1.165) is 22.2 Å². The van der Waals surface area contributed by atoms with E-state index >= 15 is 0 Å². The number of aryl methyl sites for hydroxylation is 3. The number of rotatable bonds is 6. The summed E-state index contributed by atoms with van der Waals surface area (Å²) in [7, 11) is 0. The van der Waals surface area contributed by atoms with Gasteiger partial charge in [-0.15, -0.1) is 0 Å². The second-order valence-corrected chi connectivity index (χ2v) is 9.95. The molecule has 8 nitrogen and oxygen atoms in total. The number of nitrogens with zero attached hydrogens (tertiary/aromatic N) is 2. The molecule has 0 saturated carbocycles. The van der Waals surface area contributed by atoms with Crippen LogP contribution in [0.25, 0.3) is 16.8 Å². The van der Waals surface area contributed by atoms with Gasteiger partial charge in [0.1, 0.15) is 35.7 Å². The van der Waals surface area contributed by atoms with Crippen LogP contribution in [0.1, 0.15) is 39.8 Å². The second kappa shape index (κ2) is 9.89. The minimum absolute atomic E-state index is 0.0756. The number of ketones is 1. The number of aliphatic hydroxyl groups excluding tert-OH is 1. The number of carbonyl (C=O) groups excluding carboxylic acids is 2. The number of hydrogen-bond acceptors (Lipinski definition) is 6. The maximum Gasteiger partial charge on any atom is 0.302 e. The van der Waals surface area contributed by atoms with Gasteiger partial charge in [0.15, 0.2) is 0 Å². The van der Waals surface area contributed by atoms with Crippen LogP contribution in [-0.2, 0) is 16.2 Å². The predicted molar refractivity (Wildman–Crippen MR) is 151 cm³/mol. The highest BCUT2D eigenvalue weighted by Crippen LogP contribution is 2.42. The highest BCUT2D eigenvalue weighted by molar-refractivity contribution is 6.51. The Morgan fingerprint density at radius 1 is 1.00 bits per heavy atom. The number of amides is 1. The average Bonchev–Trinajstić information content (AvgIpc) is 3.63. The van der Waals surface area contributed by atoms with Crippen molar-refractivity contribution in [3.05, 3.63) is 118 Å². The first-order chi connectivity index (χ1) is 19.3. The van der Waals surface area contributed by atoms with E-state index in [0.29, 0.717) is 35.0 Å². The first kappa shape index (κ1) is 25.2. The predicted octanol–water partition coefficient (Wildman–Crippen LogP) is 6.29. The van der Waals surface area contributed by atoms with Gasteiger partial charge >= 0.3 is 5.91 Å². The van der Waals surface area contributed by atoms with Crippen LogP contribution >= 0.6 is 0 Å². The highest BCUT2D eigenvalue weighted by Gasteiger charge is 2.49. The van der Waals surface area contributed by atoms with Crippen LogP contribution in [0.2, 0.25) is 0 Å². The number of carbonyl (C=O) groups is 2. The van der Waals surface area contributed by atoms with Gasteiger partial charge in [0.2, 0.25) is 5.95 Å². The van der Waals surface area contributed by atoms with Gasteiger partial charge in [-0.1, -0.05) is 36.4 Å². The van der Waals surface area contributed by atoms with E-state index in [2.05, 4.69) is 9.97 Å². The lowest BCUT2D eigenvalue weighted by Crippen LogP contribution is -2.30. The van der Waals surface area contributed by atoms with Crippen LogP contribution < -0.4 is 9.64 Å². The molecule has 3 aromatic carbocycles. The standard InChI is InChI=1S/C32H27N3O5/c1-18-9-12-23-24(15-18)34-32(33-23)35-28(26-13-10-20(3)40-26)27(30(37)31(35)38)29(36)22-11-14-25(19(2)16-22)39-17-21-7-5-4-6-8-21/h4-16,28,36H,17H2,1-3H3,(H,33,34)/b29-27+. The van der Waals surface area contributed by atoms with Crippen molar-refractivity contribution >= 4 is 34.4 Å². The first-order valence-electron chi connectivity index (χ1n) is 12.9. The number of aromatic amines is 1.